The van der Waals surface area contributed by atoms with Gasteiger partial charge in [0.15, 0.2) is 6.10 Å². The van der Waals surface area contributed by atoms with E-state index in [0.717, 1.165) is 89.9 Å². The van der Waals surface area contributed by atoms with Crippen molar-refractivity contribution in [2.45, 2.75) is 264 Å². The first kappa shape index (κ1) is 57.4. The average Bonchev–Trinajstić information content (AvgIpc) is 3.24. The van der Waals surface area contributed by atoms with Gasteiger partial charge in [0, 0.05) is 19.3 Å². The van der Waals surface area contributed by atoms with E-state index in [1.54, 1.807) is 0 Å². The van der Waals surface area contributed by atoms with Gasteiger partial charge in [-0.3, -0.25) is 14.4 Å². The van der Waals surface area contributed by atoms with E-state index in [0.29, 0.717) is 19.3 Å². The lowest BCUT2D eigenvalue weighted by atomic mass is 10.1. The van der Waals surface area contributed by atoms with Crippen LogP contribution in [0.1, 0.15) is 258 Å². The normalized spacial score (nSPS) is 12.4. The zero-order chi connectivity index (χ0) is 43.7. The van der Waals surface area contributed by atoms with Crippen LogP contribution < -0.4 is 0 Å². The molecule has 0 aromatic heterocycles. The van der Waals surface area contributed by atoms with Crippen molar-refractivity contribution < 1.29 is 28.6 Å². The Hall–Kier alpha value is -2.63. The number of unbranched alkanes of at least 4 members (excludes halogenated alkanes) is 27. The van der Waals surface area contributed by atoms with Gasteiger partial charge in [-0.2, -0.15) is 0 Å². The van der Waals surface area contributed by atoms with Gasteiger partial charge in [0.2, 0.25) is 0 Å². The van der Waals surface area contributed by atoms with E-state index in [9.17, 15) is 14.4 Å². The average molecular weight is 841 g/mol. The zero-order valence-corrected chi connectivity index (χ0v) is 39.7. The molecule has 0 aliphatic heterocycles. The molecule has 0 saturated carbocycles. The van der Waals surface area contributed by atoms with Gasteiger partial charge in [-0.05, 0) is 96.3 Å². The summed E-state index contributed by atoms with van der Waals surface area (Å²) in [6.45, 7) is 6.55. The molecular weight excluding hydrogens is 745 g/mol. The highest BCUT2D eigenvalue weighted by molar-refractivity contribution is 5.71. The molecule has 0 amide bonds. The highest BCUT2D eigenvalue weighted by Crippen LogP contribution is 2.14. The predicted molar refractivity (Wildman–Crippen MR) is 256 cm³/mol. The van der Waals surface area contributed by atoms with E-state index in [4.69, 9.17) is 14.2 Å². The summed E-state index contributed by atoms with van der Waals surface area (Å²) < 4.78 is 16.8. The number of esters is 3. The van der Waals surface area contributed by atoms with Crippen molar-refractivity contribution in [2.24, 2.45) is 0 Å². The topological polar surface area (TPSA) is 78.9 Å². The number of allylic oxidation sites excluding steroid dienone is 8. The van der Waals surface area contributed by atoms with Crippen molar-refractivity contribution in [3.05, 3.63) is 48.6 Å². The van der Waals surface area contributed by atoms with Crippen LogP contribution in [0.2, 0.25) is 0 Å². The molecule has 6 nitrogen and oxygen atoms in total. The van der Waals surface area contributed by atoms with Gasteiger partial charge >= 0.3 is 17.9 Å². The maximum atomic E-state index is 12.8. The number of carbonyl (C=O) groups is 3. The Kier molecular flexibility index (Phi) is 46.9. The van der Waals surface area contributed by atoms with Gasteiger partial charge in [0.1, 0.15) is 13.2 Å². The minimum absolute atomic E-state index is 0.0826. The quantitative estimate of drug-likeness (QED) is 0.0263. The number of rotatable bonds is 46. The molecule has 0 radical (unpaired) electrons. The highest BCUT2D eigenvalue weighted by atomic mass is 16.6. The molecule has 1 unspecified atom stereocenters. The van der Waals surface area contributed by atoms with Crippen molar-refractivity contribution in [1.29, 1.82) is 0 Å². The molecule has 1 atom stereocenters. The molecule has 0 aliphatic carbocycles. The number of carbonyl (C=O) groups excluding carboxylic acids is 3. The molecule has 0 rings (SSSR count). The summed E-state index contributed by atoms with van der Waals surface area (Å²) in [5, 5.41) is 0. The Labute approximate surface area is 371 Å². The van der Waals surface area contributed by atoms with Crippen molar-refractivity contribution in [1.82, 2.24) is 0 Å². The van der Waals surface area contributed by atoms with Crippen LogP contribution in [-0.4, -0.2) is 37.2 Å². The monoisotopic (exact) mass is 841 g/mol. The van der Waals surface area contributed by atoms with Gasteiger partial charge in [0.05, 0.1) is 0 Å². The fraction of sp³-hybridized carbons (Fsp3) is 0.796. The summed E-state index contributed by atoms with van der Waals surface area (Å²) in [5.74, 6) is -0.904. The molecule has 348 valence electrons. The smallest absolute Gasteiger partial charge is 0.306 e. The second-order valence-corrected chi connectivity index (χ2v) is 17.1. The molecular formula is C54H96O6. The predicted octanol–water partition coefficient (Wildman–Crippen LogP) is 16.7. The minimum atomic E-state index is -0.781. The van der Waals surface area contributed by atoms with Crippen LogP contribution in [0.15, 0.2) is 48.6 Å². The number of hydrogen-bond donors (Lipinski definition) is 0. The van der Waals surface area contributed by atoms with Crippen LogP contribution in [0.4, 0.5) is 0 Å². The Morgan fingerprint density at radius 2 is 0.617 bits per heavy atom. The van der Waals surface area contributed by atoms with Crippen LogP contribution in [0.5, 0.6) is 0 Å². The maximum absolute atomic E-state index is 12.8. The number of hydrogen-bond acceptors (Lipinski definition) is 6. The molecule has 0 fully saturated rings. The van der Waals surface area contributed by atoms with E-state index < -0.39 is 6.10 Å². The van der Waals surface area contributed by atoms with E-state index in [-0.39, 0.29) is 31.1 Å². The Balaban J connectivity index is 4.38. The van der Waals surface area contributed by atoms with Crippen LogP contribution in [-0.2, 0) is 28.6 Å². The van der Waals surface area contributed by atoms with E-state index in [1.165, 1.54) is 128 Å². The molecule has 0 heterocycles. The summed E-state index contributed by atoms with van der Waals surface area (Å²) in [4.78, 5) is 37.9. The SMILES string of the molecule is CCCC/C=C\CCCCCCCC(=O)OCC(COC(=O)CCCCCCCCC/C=C\C/C=C\CCCCC)OC(=O)CCCCCCC/C=C\CCCCCCC. The fourth-order valence-electron chi connectivity index (χ4n) is 7.09. The highest BCUT2D eigenvalue weighted by Gasteiger charge is 2.19. The van der Waals surface area contributed by atoms with Crippen molar-refractivity contribution in [3.63, 3.8) is 0 Å². The Bertz CT molecular complexity index is 1060. The summed E-state index contributed by atoms with van der Waals surface area (Å²) in [5.41, 5.74) is 0. The van der Waals surface area contributed by atoms with Gasteiger partial charge in [-0.1, -0.05) is 191 Å². The Morgan fingerprint density at radius 3 is 1.02 bits per heavy atom. The second kappa shape index (κ2) is 49.0. The van der Waals surface area contributed by atoms with E-state index >= 15 is 0 Å². The molecule has 0 aromatic rings. The molecule has 0 bridgehead atoms. The third-order valence-corrected chi connectivity index (χ3v) is 11.0. The van der Waals surface area contributed by atoms with Crippen LogP contribution in [0.3, 0.4) is 0 Å². The van der Waals surface area contributed by atoms with E-state index in [1.807, 2.05) is 0 Å². The number of ether oxygens (including phenoxy) is 3. The summed E-state index contributed by atoms with van der Waals surface area (Å²) in [7, 11) is 0. The molecule has 0 spiro atoms. The molecule has 0 aromatic carbocycles. The standard InChI is InChI=1S/C54H96O6/c1-4-7-10-13-16-19-22-24-26-27-28-30-32-35-38-41-44-47-53(56)59-50-51(49-58-52(55)46-43-40-37-34-31-21-18-15-12-9-6-3)60-54(57)48-45-42-39-36-33-29-25-23-20-17-14-11-8-5-2/h15-16,18-19,23-26,51H,4-14,17,20-22,27-50H2,1-3H3/b18-15-,19-16-,25-23-,26-24-. The van der Waals surface area contributed by atoms with Crippen LogP contribution >= 0.6 is 0 Å². The van der Waals surface area contributed by atoms with Gasteiger partial charge in [0.25, 0.3) is 0 Å². The second-order valence-electron chi connectivity index (χ2n) is 17.1. The minimum Gasteiger partial charge on any atom is -0.462 e. The largest absolute Gasteiger partial charge is 0.462 e. The van der Waals surface area contributed by atoms with Gasteiger partial charge in [-0.25, -0.2) is 0 Å². The first-order valence-corrected chi connectivity index (χ1v) is 25.6. The first-order valence-electron chi connectivity index (χ1n) is 25.6. The third kappa shape index (κ3) is 46.4. The lowest BCUT2D eigenvalue weighted by Crippen LogP contribution is -2.30. The molecule has 0 N–H and O–H groups in total. The first-order chi connectivity index (χ1) is 29.5. The lowest BCUT2D eigenvalue weighted by molar-refractivity contribution is -0.167. The van der Waals surface area contributed by atoms with E-state index in [2.05, 4.69) is 69.4 Å². The molecule has 6 heteroatoms. The fourth-order valence-corrected chi connectivity index (χ4v) is 7.09. The summed E-state index contributed by atoms with van der Waals surface area (Å²) in [6, 6.07) is 0. The van der Waals surface area contributed by atoms with Crippen molar-refractivity contribution >= 4 is 17.9 Å². The Morgan fingerprint density at radius 1 is 0.333 bits per heavy atom. The molecule has 0 aliphatic rings. The summed E-state index contributed by atoms with van der Waals surface area (Å²) in [6.07, 6.45) is 58.0. The van der Waals surface area contributed by atoms with Gasteiger partial charge in [-0.15, -0.1) is 0 Å². The van der Waals surface area contributed by atoms with Crippen LogP contribution in [0.25, 0.3) is 0 Å². The molecule has 60 heavy (non-hydrogen) atoms. The summed E-state index contributed by atoms with van der Waals surface area (Å²) >= 11 is 0. The maximum Gasteiger partial charge on any atom is 0.306 e. The third-order valence-electron chi connectivity index (χ3n) is 11.0. The zero-order valence-electron chi connectivity index (χ0n) is 39.7. The van der Waals surface area contributed by atoms with Crippen molar-refractivity contribution in [2.75, 3.05) is 13.2 Å². The van der Waals surface area contributed by atoms with Crippen LogP contribution in [0, 0.1) is 0 Å². The molecule has 0 saturated heterocycles. The van der Waals surface area contributed by atoms with Gasteiger partial charge < -0.3 is 14.2 Å². The van der Waals surface area contributed by atoms with Crippen molar-refractivity contribution in [3.8, 4) is 0 Å². The lowest BCUT2D eigenvalue weighted by Gasteiger charge is -2.18.